The Labute approximate surface area is 182 Å². The monoisotopic (exact) mass is 451 g/mol. The van der Waals surface area contributed by atoms with E-state index in [1.54, 1.807) is 44.1 Å². The zero-order valence-corrected chi connectivity index (χ0v) is 19.2. The fraction of sp³-hybridized carbons (Fsp3) is 0.524. The van der Waals surface area contributed by atoms with Crippen LogP contribution >= 0.6 is 0 Å². The van der Waals surface area contributed by atoms with Crippen LogP contribution in [-0.4, -0.2) is 68.6 Å². The zero-order chi connectivity index (χ0) is 22.6. The van der Waals surface area contributed by atoms with E-state index in [9.17, 15) is 13.2 Å². The molecule has 2 heterocycles. The molecule has 0 aliphatic carbocycles. The Morgan fingerprint density at radius 1 is 1.19 bits per heavy atom. The number of aryl methyl sites for hydroxylation is 2. The second-order valence-electron chi connectivity index (χ2n) is 7.37. The molecule has 0 spiro atoms. The van der Waals surface area contributed by atoms with Gasteiger partial charge in [-0.25, -0.2) is 8.42 Å². The average molecular weight is 452 g/mol. The van der Waals surface area contributed by atoms with Gasteiger partial charge in [0.25, 0.3) is 5.91 Å². The van der Waals surface area contributed by atoms with Crippen LogP contribution in [-0.2, 0) is 21.4 Å². The van der Waals surface area contributed by atoms with Gasteiger partial charge in [0.05, 0.1) is 13.7 Å². The molecule has 3 rings (SSSR count). The van der Waals surface area contributed by atoms with Crippen molar-refractivity contribution < 1.29 is 27.2 Å². The Balaban J connectivity index is 1.76. The third-order valence-corrected chi connectivity index (χ3v) is 7.44. The molecule has 1 aromatic heterocycles. The standard InChI is InChI=1S/C21H29N3O6S/c1-5-29-14-18-13-17(7-8-19(18)28-4)21(25)23-9-6-10-24(12-11-23)31(26,27)20-15(2)22-30-16(20)3/h7-8,13H,5-6,9-12,14H2,1-4H3. The maximum atomic E-state index is 13.1. The fourth-order valence-electron chi connectivity index (χ4n) is 3.73. The summed E-state index contributed by atoms with van der Waals surface area (Å²) in [4.78, 5) is 14.9. The smallest absolute Gasteiger partial charge is 0.253 e. The van der Waals surface area contributed by atoms with Crippen LogP contribution in [0.2, 0.25) is 0 Å². The summed E-state index contributed by atoms with van der Waals surface area (Å²) >= 11 is 0. The lowest BCUT2D eigenvalue weighted by molar-refractivity contribution is 0.0763. The van der Waals surface area contributed by atoms with Crippen LogP contribution in [0.5, 0.6) is 5.75 Å². The van der Waals surface area contributed by atoms with Gasteiger partial charge in [0.1, 0.15) is 16.3 Å². The van der Waals surface area contributed by atoms with Gasteiger partial charge in [0.2, 0.25) is 10.0 Å². The van der Waals surface area contributed by atoms with Crippen LogP contribution in [0.15, 0.2) is 27.6 Å². The van der Waals surface area contributed by atoms with Crippen LogP contribution in [0.25, 0.3) is 0 Å². The topological polar surface area (TPSA) is 102 Å². The Bertz CT molecular complexity index is 1010. The minimum absolute atomic E-state index is 0.114. The molecule has 1 aliphatic heterocycles. The summed E-state index contributed by atoms with van der Waals surface area (Å²) in [5, 5.41) is 3.76. The molecule has 0 atom stereocenters. The normalized spacial score (nSPS) is 15.7. The number of carbonyl (C=O) groups is 1. The molecule has 2 aromatic rings. The highest BCUT2D eigenvalue weighted by atomic mass is 32.2. The first kappa shape index (κ1) is 23.2. The van der Waals surface area contributed by atoms with Crippen molar-refractivity contribution in [1.29, 1.82) is 0 Å². The van der Waals surface area contributed by atoms with Gasteiger partial charge in [-0.2, -0.15) is 4.31 Å². The van der Waals surface area contributed by atoms with Gasteiger partial charge in [0, 0.05) is 43.9 Å². The molecule has 170 valence electrons. The fourth-order valence-corrected chi connectivity index (χ4v) is 5.49. The highest BCUT2D eigenvalue weighted by molar-refractivity contribution is 7.89. The summed E-state index contributed by atoms with van der Waals surface area (Å²) in [6.07, 6.45) is 0.538. The van der Waals surface area contributed by atoms with E-state index in [-0.39, 0.29) is 23.1 Å². The van der Waals surface area contributed by atoms with Gasteiger partial charge in [-0.1, -0.05) is 5.16 Å². The van der Waals surface area contributed by atoms with Gasteiger partial charge in [-0.15, -0.1) is 0 Å². The number of benzene rings is 1. The Morgan fingerprint density at radius 3 is 2.61 bits per heavy atom. The van der Waals surface area contributed by atoms with Crippen molar-refractivity contribution in [1.82, 2.24) is 14.4 Å². The molecule has 0 N–H and O–H groups in total. The first-order valence-corrected chi connectivity index (χ1v) is 11.7. The van der Waals surface area contributed by atoms with E-state index in [1.165, 1.54) is 4.31 Å². The molecule has 0 bridgehead atoms. The van der Waals surface area contributed by atoms with Crippen molar-refractivity contribution in [2.75, 3.05) is 39.9 Å². The Morgan fingerprint density at radius 2 is 1.97 bits per heavy atom. The number of ether oxygens (including phenoxy) is 2. The predicted molar refractivity (Wildman–Crippen MR) is 114 cm³/mol. The molecule has 1 fully saturated rings. The maximum Gasteiger partial charge on any atom is 0.253 e. The van der Waals surface area contributed by atoms with Gasteiger partial charge in [0.15, 0.2) is 5.76 Å². The lowest BCUT2D eigenvalue weighted by atomic mass is 10.1. The molecular formula is C21H29N3O6S. The van der Waals surface area contributed by atoms with E-state index in [1.807, 2.05) is 6.92 Å². The first-order chi connectivity index (χ1) is 14.8. The molecule has 10 heteroatoms. The van der Waals surface area contributed by atoms with Gasteiger partial charge < -0.3 is 18.9 Å². The van der Waals surface area contributed by atoms with Crippen LogP contribution in [0.4, 0.5) is 0 Å². The molecule has 1 aliphatic rings. The van der Waals surface area contributed by atoms with Crippen LogP contribution in [0.3, 0.4) is 0 Å². The molecule has 1 saturated heterocycles. The van der Waals surface area contributed by atoms with E-state index < -0.39 is 10.0 Å². The number of methoxy groups -OCH3 is 1. The number of carbonyl (C=O) groups excluding carboxylic acids is 1. The van der Waals surface area contributed by atoms with Crippen molar-refractivity contribution in [3.8, 4) is 5.75 Å². The summed E-state index contributed by atoms with van der Waals surface area (Å²) in [7, 11) is -2.16. The molecule has 0 radical (unpaired) electrons. The summed E-state index contributed by atoms with van der Waals surface area (Å²) in [6, 6.07) is 5.26. The molecular weight excluding hydrogens is 422 g/mol. The number of sulfonamides is 1. The minimum atomic E-state index is -3.74. The van der Waals surface area contributed by atoms with E-state index in [2.05, 4.69) is 5.16 Å². The van der Waals surface area contributed by atoms with Gasteiger partial charge in [-0.3, -0.25) is 4.79 Å². The Hall–Kier alpha value is -2.43. The summed E-state index contributed by atoms with van der Waals surface area (Å²) in [5.74, 6) is 0.796. The second kappa shape index (κ2) is 9.80. The van der Waals surface area contributed by atoms with E-state index in [4.69, 9.17) is 14.0 Å². The number of hydrogen-bond donors (Lipinski definition) is 0. The third kappa shape index (κ3) is 4.91. The predicted octanol–water partition coefficient (Wildman–Crippen LogP) is 2.37. The van der Waals surface area contributed by atoms with Crippen molar-refractivity contribution in [2.24, 2.45) is 0 Å². The summed E-state index contributed by atoms with van der Waals surface area (Å²) in [6.45, 7) is 7.32. The highest BCUT2D eigenvalue weighted by Crippen LogP contribution is 2.25. The number of aromatic nitrogens is 1. The lowest BCUT2D eigenvalue weighted by Crippen LogP contribution is -2.37. The van der Waals surface area contributed by atoms with Crippen LogP contribution in [0, 0.1) is 13.8 Å². The van der Waals surface area contributed by atoms with Crippen LogP contribution in [0.1, 0.15) is 40.7 Å². The SMILES string of the molecule is CCOCc1cc(C(=O)N2CCCN(S(=O)(=O)c3c(C)noc3C)CC2)ccc1OC. The second-order valence-corrected chi connectivity index (χ2v) is 9.24. The largest absolute Gasteiger partial charge is 0.496 e. The summed E-state index contributed by atoms with van der Waals surface area (Å²) < 4.78 is 43.5. The number of amides is 1. The van der Waals surface area contributed by atoms with Gasteiger partial charge in [-0.05, 0) is 45.4 Å². The van der Waals surface area contributed by atoms with Crippen molar-refractivity contribution >= 4 is 15.9 Å². The van der Waals surface area contributed by atoms with Crippen LogP contribution < -0.4 is 4.74 Å². The van der Waals surface area contributed by atoms with E-state index in [0.717, 1.165) is 5.56 Å². The number of nitrogens with zero attached hydrogens (tertiary/aromatic N) is 3. The minimum Gasteiger partial charge on any atom is -0.496 e. The number of rotatable bonds is 7. The van der Waals surface area contributed by atoms with Gasteiger partial charge >= 0.3 is 0 Å². The van der Waals surface area contributed by atoms with Crippen molar-refractivity contribution in [3.63, 3.8) is 0 Å². The quantitative estimate of drug-likeness (QED) is 0.637. The van der Waals surface area contributed by atoms with E-state index in [0.29, 0.717) is 56.3 Å². The molecule has 0 unspecified atom stereocenters. The van der Waals surface area contributed by atoms with Crippen molar-refractivity contribution in [2.45, 2.75) is 38.7 Å². The lowest BCUT2D eigenvalue weighted by Gasteiger charge is -2.22. The third-order valence-electron chi connectivity index (χ3n) is 5.30. The van der Waals surface area contributed by atoms with E-state index >= 15 is 0 Å². The molecule has 31 heavy (non-hydrogen) atoms. The summed E-state index contributed by atoms with van der Waals surface area (Å²) in [5.41, 5.74) is 1.67. The molecule has 1 aromatic carbocycles. The van der Waals surface area contributed by atoms with Crippen molar-refractivity contribution in [3.05, 3.63) is 40.8 Å². The molecule has 1 amide bonds. The highest BCUT2D eigenvalue weighted by Gasteiger charge is 2.33. The number of hydrogen-bond acceptors (Lipinski definition) is 7. The molecule has 9 nitrogen and oxygen atoms in total. The average Bonchev–Trinajstić information content (AvgIpc) is 2.95. The molecule has 0 saturated carbocycles. The first-order valence-electron chi connectivity index (χ1n) is 10.3. The maximum absolute atomic E-state index is 13.1. The Kier molecular flexibility index (Phi) is 7.34. The zero-order valence-electron chi connectivity index (χ0n) is 18.4.